The van der Waals surface area contributed by atoms with Crippen LogP contribution in [0.3, 0.4) is 0 Å². The summed E-state index contributed by atoms with van der Waals surface area (Å²) in [6.45, 7) is 3.89. The normalized spacial score (nSPS) is 22.0. The Morgan fingerprint density at radius 1 is 1.23 bits per heavy atom. The Balaban J connectivity index is 1.59. The first kappa shape index (κ1) is 15.3. The molecule has 22 heavy (non-hydrogen) atoms. The van der Waals surface area contributed by atoms with Gasteiger partial charge in [0, 0.05) is 19.1 Å². The summed E-state index contributed by atoms with van der Waals surface area (Å²) in [6.07, 6.45) is 4.25. The molecule has 1 aliphatic carbocycles. The molecule has 120 valence electrons. The van der Waals surface area contributed by atoms with E-state index in [-0.39, 0.29) is 12.1 Å². The lowest BCUT2D eigenvalue weighted by molar-refractivity contribution is 0.146. The molecule has 4 nitrogen and oxygen atoms in total. The molecule has 4 heteroatoms. The van der Waals surface area contributed by atoms with E-state index in [2.05, 4.69) is 49.4 Å². The van der Waals surface area contributed by atoms with Crippen LogP contribution in [-0.4, -0.2) is 49.1 Å². The molecule has 1 heterocycles. The van der Waals surface area contributed by atoms with Gasteiger partial charge in [0.15, 0.2) is 0 Å². The quantitative estimate of drug-likeness (QED) is 0.911. The maximum absolute atomic E-state index is 12.5. The van der Waals surface area contributed by atoms with E-state index >= 15 is 0 Å². The molecule has 1 unspecified atom stereocenters. The van der Waals surface area contributed by atoms with E-state index in [1.807, 2.05) is 4.90 Å². The molecule has 0 aromatic heterocycles. The lowest BCUT2D eigenvalue weighted by Crippen LogP contribution is -2.48. The predicted molar refractivity (Wildman–Crippen MR) is 89.1 cm³/mol. The summed E-state index contributed by atoms with van der Waals surface area (Å²) < 4.78 is 0. The SMILES string of the molecule is Cc1cccc2c1CCC2NC(=O)N1CCC(N(C)C)CC1. The van der Waals surface area contributed by atoms with Crippen LogP contribution in [0.15, 0.2) is 18.2 Å². The fourth-order valence-electron chi connectivity index (χ4n) is 3.81. The molecule has 0 spiro atoms. The highest BCUT2D eigenvalue weighted by Crippen LogP contribution is 2.33. The van der Waals surface area contributed by atoms with E-state index in [1.165, 1.54) is 16.7 Å². The Hall–Kier alpha value is -1.55. The van der Waals surface area contributed by atoms with Crippen LogP contribution in [-0.2, 0) is 6.42 Å². The van der Waals surface area contributed by atoms with Gasteiger partial charge in [0.2, 0.25) is 0 Å². The number of nitrogens with one attached hydrogen (secondary N) is 1. The minimum atomic E-state index is 0.108. The molecule has 0 radical (unpaired) electrons. The molecule has 0 saturated carbocycles. The van der Waals surface area contributed by atoms with E-state index in [4.69, 9.17) is 0 Å². The smallest absolute Gasteiger partial charge is 0.317 e. The zero-order valence-electron chi connectivity index (χ0n) is 13.9. The third-order valence-electron chi connectivity index (χ3n) is 5.28. The Labute approximate surface area is 133 Å². The summed E-state index contributed by atoms with van der Waals surface area (Å²) in [5.74, 6) is 0. The number of hydrogen-bond donors (Lipinski definition) is 1. The highest BCUT2D eigenvalue weighted by molar-refractivity contribution is 5.75. The van der Waals surface area contributed by atoms with Crippen LogP contribution in [0.25, 0.3) is 0 Å². The van der Waals surface area contributed by atoms with E-state index in [0.29, 0.717) is 6.04 Å². The van der Waals surface area contributed by atoms with Crippen molar-refractivity contribution >= 4 is 6.03 Å². The standard InChI is InChI=1S/C18H27N3O/c1-13-5-4-6-16-15(13)7-8-17(16)19-18(22)21-11-9-14(10-12-21)20(2)3/h4-6,14,17H,7-12H2,1-3H3,(H,19,22). The number of amides is 2. The molecule has 3 rings (SSSR count). The van der Waals surface area contributed by atoms with Crippen LogP contribution < -0.4 is 5.32 Å². The van der Waals surface area contributed by atoms with Crippen LogP contribution in [0.4, 0.5) is 4.79 Å². The first-order valence-electron chi connectivity index (χ1n) is 8.36. The van der Waals surface area contributed by atoms with Crippen LogP contribution >= 0.6 is 0 Å². The highest BCUT2D eigenvalue weighted by Gasteiger charge is 2.28. The zero-order valence-corrected chi connectivity index (χ0v) is 13.9. The van der Waals surface area contributed by atoms with Crippen LogP contribution in [0.1, 0.15) is 42.0 Å². The van der Waals surface area contributed by atoms with E-state index in [0.717, 1.165) is 38.8 Å². The van der Waals surface area contributed by atoms with Gasteiger partial charge in [-0.25, -0.2) is 4.79 Å². The number of hydrogen-bond acceptors (Lipinski definition) is 2. The van der Waals surface area contributed by atoms with Gasteiger partial charge in [0.1, 0.15) is 0 Å². The summed E-state index contributed by atoms with van der Waals surface area (Å²) in [7, 11) is 4.25. The highest BCUT2D eigenvalue weighted by atomic mass is 16.2. The van der Waals surface area contributed by atoms with Crippen molar-refractivity contribution in [1.82, 2.24) is 15.1 Å². The Morgan fingerprint density at radius 3 is 2.64 bits per heavy atom. The maximum Gasteiger partial charge on any atom is 0.317 e. The average molecular weight is 301 g/mol. The largest absolute Gasteiger partial charge is 0.331 e. The summed E-state index contributed by atoms with van der Waals surface area (Å²) >= 11 is 0. The van der Waals surface area contributed by atoms with Gasteiger partial charge in [0.05, 0.1) is 6.04 Å². The molecule has 2 amide bonds. The third kappa shape index (κ3) is 2.98. The molecule has 1 aromatic carbocycles. The molecular formula is C18H27N3O. The summed E-state index contributed by atoms with van der Waals surface area (Å²) in [6, 6.07) is 7.33. The second-order valence-electron chi connectivity index (χ2n) is 6.87. The molecule has 1 aromatic rings. The van der Waals surface area contributed by atoms with Crippen molar-refractivity contribution in [2.75, 3.05) is 27.2 Å². The van der Waals surface area contributed by atoms with Crippen molar-refractivity contribution in [1.29, 1.82) is 0 Å². The van der Waals surface area contributed by atoms with Crippen molar-refractivity contribution < 1.29 is 4.79 Å². The maximum atomic E-state index is 12.5. The van der Waals surface area contributed by atoms with Gasteiger partial charge < -0.3 is 15.1 Å². The lowest BCUT2D eigenvalue weighted by Gasteiger charge is -2.35. The van der Waals surface area contributed by atoms with Crippen molar-refractivity contribution in [2.45, 2.75) is 44.7 Å². The zero-order chi connectivity index (χ0) is 15.7. The van der Waals surface area contributed by atoms with Gasteiger partial charge in [-0.1, -0.05) is 18.2 Å². The summed E-state index contributed by atoms with van der Waals surface area (Å²) in [5, 5.41) is 3.25. The predicted octanol–water partition coefficient (Wildman–Crippen LogP) is 2.72. The molecule has 1 atom stereocenters. The van der Waals surface area contributed by atoms with Crippen LogP contribution in [0.5, 0.6) is 0 Å². The molecular weight excluding hydrogens is 274 g/mol. The number of likely N-dealkylation sites (tertiary alicyclic amines) is 1. The number of nitrogens with zero attached hydrogens (tertiary/aromatic N) is 2. The first-order chi connectivity index (χ1) is 10.6. The van der Waals surface area contributed by atoms with Crippen LogP contribution in [0, 0.1) is 6.92 Å². The fourth-order valence-corrected chi connectivity index (χ4v) is 3.81. The second-order valence-corrected chi connectivity index (χ2v) is 6.87. The van der Waals surface area contributed by atoms with Gasteiger partial charge >= 0.3 is 6.03 Å². The van der Waals surface area contributed by atoms with Crippen molar-refractivity contribution in [3.8, 4) is 0 Å². The molecule has 1 fully saturated rings. The van der Waals surface area contributed by atoms with E-state index < -0.39 is 0 Å². The molecule has 2 aliphatic rings. The molecule has 0 bridgehead atoms. The van der Waals surface area contributed by atoms with Gasteiger partial charge in [0.25, 0.3) is 0 Å². The minimum Gasteiger partial charge on any atom is -0.331 e. The Bertz CT molecular complexity index is 547. The number of benzene rings is 1. The van der Waals surface area contributed by atoms with E-state index in [9.17, 15) is 4.79 Å². The number of carbonyl (C=O) groups is 1. The molecule has 1 saturated heterocycles. The molecule has 1 aliphatic heterocycles. The minimum absolute atomic E-state index is 0.108. The topological polar surface area (TPSA) is 35.6 Å². The summed E-state index contributed by atoms with van der Waals surface area (Å²) in [5.41, 5.74) is 4.09. The number of urea groups is 1. The third-order valence-corrected chi connectivity index (χ3v) is 5.28. The Kier molecular flexibility index (Phi) is 4.39. The fraction of sp³-hybridized carbons (Fsp3) is 0.611. The van der Waals surface area contributed by atoms with Crippen molar-refractivity contribution in [3.05, 3.63) is 34.9 Å². The second kappa shape index (κ2) is 6.29. The monoisotopic (exact) mass is 301 g/mol. The summed E-state index contributed by atoms with van der Waals surface area (Å²) in [4.78, 5) is 16.8. The number of piperidine rings is 1. The van der Waals surface area contributed by atoms with E-state index in [1.54, 1.807) is 0 Å². The van der Waals surface area contributed by atoms with Gasteiger partial charge in [-0.05, 0) is 63.4 Å². The number of rotatable bonds is 2. The van der Waals surface area contributed by atoms with Gasteiger partial charge in [-0.2, -0.15) is 0 Å². The number of carbonyl (C=O) groups excluding carboxylic acids is 1. The van der Waals surface area contributed by atoms with Crippen molar-refractivity contribution in [2.24, 2.45) is 0 Å². The van der Waals surface area contributed by atoms with Gasteiger partial charge in [-0.15, -0.1) is 0 Å². The number of aryl methyl sites for hydroxylation is 1. The lowest BCUT2D eigenvalue weighted by atomic mass is 10.0. The number of fused-ring (bicyclic) bond motifs is 1. The Morgan fingerprint density at radius 2 is 1.95 bits per heavy atom. The van der Waals surface area contributed by atoms with Gasteiger partial charge in [-0.3, -0.25) is 0 Å². The van der Waals surface area contributed by atoms with Crippen molar-refractivity contribution in [3.63, 3.8) is 0 Å². The van der Waals surface area contributed by atoms with Crippen LogP contribution in [0.2, 0.25) is 0 Å². The first-order valence-corrected chi connectivity index (χ1v) is 8.36. The average Bonchev–Trinajstić information content (AvgIpc) is 2.92. The molecule has 1 N–H and O–H groups in total.